The molecule has 4 nitrogen and oxygen atoms in total. The van der Waals surface area contributed by atoms with Crippen LogP contribution in [0.15, 0.2) is 34.8 Å². The number of ether oxygens (including phenoxy) is 2. The van der Waals surface area contributed by atoms with Crippen LogP contribution in [0.25, 0.3) is 0 Å². The zero-order chi connectivity index (χ0) is 19.8. The van der Waals surface area contributed by atoms with Crippen molar-refractivity contribution in [1.29, 1.82) is 0 Å². The summed E-state index contributed by atoms with van der Waals surface area (Å²) in [4.78, 5) is 2.14. The number of halogens is 3. The molecule has 0 atom stereocenters. The number of rotatable bonds is 10. The van der Waals surface area contributed by atoms with Gasteiger partial charge in [0.1, 0.15) is 6.61 Å². The molecule has 0 aromatic heterocycles. The Hall–Kier alpha value is -0.980. The van der Waals surface area contributed by atoms with Crippen molar-refractivity contribution in [2.75, 3.05) is 33.8 Å². The quantitative estimate of drug-likeness (QED) is 0.467. The molecule has 0 radical (unpaired) electrons. The molecular formula is C20H25BrCl2N2O2. The van der Waals surface area contributed by atoms with E-state index in [1.54, 1.807) is 12.1 Å². The molecular weight excluding hydrogens is 451 g/mol. The Balaban J connectivity index is 2.12. The Kier molecular flexibility index (Phi) is 9.19. The molecule has 0 aliphatic heterocycles. The maximum atomic E-state index is 6.23. The molecule has 0 aliphatic carbocycles. The molecule has 148 valence electrons. The number of nitrogens with zero attached hydrogens (tertiary/aromatic N) is 1. The maximum absolute atomic E-state index is 6.23. The fraction of sp³-hybridized carbons (Fsp3) is 0.400. The molecule has 0 saturated heterocycles. The van der Waals surface area contributed by atoms with Crippen molar-refractivity contribution in [3.05, 3.63) is 56.0 Å². The molecule has 0 saturated carbocycles. The van der Waals surface area contributed by atoms with E-state index in [0.29, 0.717) is 28.2 Å². The Morgan fingerprint density at radius 3 is 2.37 bits per heavy atom. The first-order chi connectivity index (χ1) is 12.9. The van der Waals surface area contributed by atoms with Crippen LogP contribution in [-0.4, -0.2) is 38.7 Å². The highest BCUT2D eigenvalue weighted by molar-refractivity contribution is 9.10. The number of hydrogen-bond donors (Lipinski definition) is 1. The minimum absolute atomic E-state index is 0.269. The van der Waals surface area contributed by atoms with Crippen LogP contribution >= 0.6 is 39.1 Å². The topological polar surface area (TPSA) is 33.7 Å². The zero-order valence-electron chi connectivity index (χ0n) is 15.8. The van der Waals surface area contributed by atoms with Gasteiger partial charge in [0.2, 0.25) is 0 Å². The lowest BCUT2D eigenvalue weighted by Crippen LogP contribution is -2.26. The zero-order valence-corrected chi connectivity index (χ0v) is 18.9. The smallest absolute Gasteiger partial charge is 0.162 e. The van der Waals surface area contributed by atoms with Gasteiger partial charge in [0.25, 0.3) is 0 Å². The van der Waals surface area contributed by atoms with Crippen molar-refractivity contribution in [1.82, 2.24) is 10.2 Å². The van der Waals surface area contributed by atoms with E-state index in [-0.39, 0.29) is 6.61 Å². The summed E-state index contributed by atoms with van der Waals surface area (Å²) in [5.74, 6) is 1.35. The molecule has 0 amide bonds. The van der Waals surface area contributed by atoms with Crippen LogP contribution < -0.4 is 14.8 Å². The highest BCUT2D eigenvalue weighted by Gasteiger charge is 2.13. The van der Waals surface area contributed by atoms with Crippen LogP contribution in [0.5, 0.6) is 11.5 Å². The summed E-state index contributed by atoms with van der Waals surface area (Å²) in [6.45, 7) is 5.41. The van der Waals surface area contributed by atoms with Gasteiger partial charge >= 0.3 is 0 Å². The van der Waals surface area contributed by atoms with Gasteiger partial charge in [0, 0.05) is 39.7 Å². The predicted molar refractivity (Wildman–Crippen MR) is 116 cm³/mol. The van der Waals surface area contributed by atoms with Crippen LogP contribution in [0.3, 0.4) is 0 Å². The van der Waals surface area contributed by atoms with Crippen molar-refractivity contribution in [2.24, 2.45) is 0 Å². The highest BCUT2D eigenvalue weighted by atomic mass is 79.9. The normalized spacial score (nSPS) is 11.1. The van der Waals surface area contributed by atoms with E-state index in [2.05, 4.69) is 40.2 Å². The number of benzene rings is 2. The van der Waals surface area contributed by atoms with E-state index >= 15 is 0 Å². The van der Waals surface area contributed by atoms with Gasteiger partial charge in [0.15, 0.2) is 11.5 Å². The minimum Gasteiger partial charge on any atom is -0.490 e. The largest absolute Gasteiger partial charge is 0.490 e. The van der Waals surface area contributed by atoms with Crippen molar-refractivity contribution < 1.29 is 9.47 Å². The maximum Gasteiger partial charge on any atom is 0.162 e. The summed E-state index contributed by atoms with van der Waals surface area (Å²) in [5.41, 5.74) is 1.87. The Morgan fingerprint density at radius 2 is 1.74 bits per heavy atom. The third kappa shape index (κ3) is 6.84. The van der Waals surface area contributed by atoms with Crippen LogP contribution in [0.1, 0.15) is 18.1 Å². The second-order valence-electron chi connectivity index (χ2n) is 6.29. The van der Waals surface area contributed by atoms with Gasteiger partial charge in [-0.15, -0.1) is 0 Å². The lowest BCUT2D eigenvalue weighted by molar-refractivity contribution is 0.269. The van der Waals surface area contributed by atoms with Crippen LogP contribution in [0.4, 0.5) is 0 Å². The summed E-state index contributed by atoms with van der Waals surface area (Å²) in [5, 5.41) is 4.60. The fourth-order valence-corrected chi connectivity index (χ4v) is 3.41. The van der Waals surface area contributed by atoms with Gasteiger partial charge in [-0.25, -0.2) is 0 Å². The van der Waals surface area contributed by atoms with Crippen LogP contribution in [0.2, 0.25) is 10.0 Å². The van der Waals surface area contributed by atoms with Gasteiger partial charge in [-0.05, 0) is 50.8 Å². The van der Waals surface area contributed by atoms with E-state index in [4.69, 9.17) is 32.7 Å². The Morgan fingerprint density at radius 1 is 1.07 bits per heavy atom. The van der Waals surface area contributed by atoms with Gasteiger partial charge in [-0.1, -0.05) is 45.2 Å². The van der Waals surface area contributed by atoms with Crippen LogP contribution in [-0.2, 0) is 13.2 Å². The molecule has 1 N–H and O–H groups in total. The third-order valence-corrected chi connectivity index (χ3v) is 5.34. The van der Waals surface area contributed by atoms with Gasteiger partial charge in [0.05, 0.1) is 6.61 Å². The first-order valence-corrected chi connectivity index (χ1v) is 10.3. The molecule has 2 rings (SSSR count). The molecule has 0 heterocycles. The average molecular weight is 476 g/mol. The summed E-state index contributed by atoms with van der Waals surface area (Å²) in [7, 11) is 4.12. The second kappa shape index (κ2) is 11.1. The second-order valence-corrected chi connectivity index (χ2v) is 7.96. The van der Waals surface area contributed by atoms with E-state index in [0.717, 1.165) is 35.2 Å². The van der Waals surface area contributed by atoms with Crippen molar-refractivity contribution in [3.8, 4) is 11.5 Å². The SMILES string of the molecule is CCOc1cc(CNCCN(C)C)c(Br)cc1OCc1c(Cl)cccc1Cl. The Labute approximate surface area is 179 Å². The van der Waals surface area contributed by atoms with Crippen molar-refractivity contribution >= 4 is 39.1 Å². The van der Waals surface area contributed by atoms with Gasteiger partial charge in [-0.2, -0.15) is 0 Å². The average Bonchev–Trinajstić information content (AvgIpc) is 2.61. The minimum atomic E-state index is 0.269. The predicted octanol–water partition coefficient (Wildman–Crippen LogP) is 5.38. The molecule has 0 bridgehead atoms. The van der Waals surface area contributed by atoms with E-state index in [1.807, 2.05) is 25.1 Å². The number of nitrogens with one attached hydrogen (secondary N) is 1. The molecule has 7 heteroatoms. The third-order valence-electron chi connectivity index (χ3n) is 3.90. The lowest BCUT2D eigenvalue weighted by Gasteiger charge is -2.17. The molecule has 2 aromatic rings. The molecule has 27 heavy (non-hydrogen) atoms. The van der Waals surface area contributed by atoms with Crippen molar-refractivity contribution in [3.63, 3.8) is 0 Å². The molecule has 2 aromatic carbocycles. The van der Waals surface area contributed by atoms with Crippen LogP contribution in [0, 0.1) is 0 Å². The van der Waals surface area contributed by atoms with Gasteiger partial charge < -0.3 is 19.7 Å². The number of likely N-dealkylation sites (N-methyl/N-ethyl adjacent to an activating group) is 1. The molecule has 0 fully saturated rings. The summed E-state index contributed by atoms with van der Waals surface area (Å²) < 4.78 is 12.7. The van der Waals surface area contributed by atoms with E-state index in [9.17, 15) is 0 Å². The first-order valence-electron chi connectivity index (χ1n) is 8.78. The number of hydrogen-bond acceptors (Lipinski definition) is 4. The summed E-state index contributed by atoms with van der Waals surface area (Å²) >= 11 is 16.1. The van der Waals surface area contributed by atoms with E-state index in [1.165, 1.54) is 0 Å². The fourth-order valence-electron chi connectivity index (χ4n) is 2.44. The lowest BCUT2D eigenvalue weighted by atomic mass is 10.2. The highest BCUT2D eigenvalue weighted by Crippen LogP contribution is 2.35. The molecule has 0 unspecified atom stereocenters. The monoisotopic (exact) mass is 474 g/mol. The van der Waals surface area contributed by atoms with Crippen molar-refractivity contribution in [2.45, 2.75) is 20.1 Å². The molecule has 0 spiro atoms. The standard InChI is InChI=1S/C20H25BrCl2N2O2/c1-4-26-19-10-14(12-24-8-9-25(2)3)16(21)11-20(19)27-13-15-17(22)6-5-7-18(15)23/h5-7,10-11,24H,4,8-9,12-13H2,1-3H3. The first kappa shape index (κ1) is 22.3. The van der Waals surface area contributed by atoms with Gasteiger partial charge in [-0.3, -0.25) is 0 Å². The Bertz CT molecular complexity index is 737. The molecule has 0 aliphatic rings. The summed E-state index contributed by atoms with van der Waals surface area (Å²) in [6.07, 6.45) is 0. The summed E-state index contributed by atoms with van der Waals surface area (Å²) in [6, 6.07) is 9.34. The van der Waals surface area contributed by atoms with E-state index < -0.39 is 0 Å².